The van der Waals surface area contributed by atoms with Gasteiger partial charge in [0.15, 0.2) is 9.84 Å². The molecule has 2 aliphatic heterocycles. The van der Waals surface area contributed by atoms with E-state index in [1.54, 1.807) is 28.0 Å². The van der Waals surface area contributed by atoms with E-state index in [0.29, 0.717) is 32.0 Å². The number of anilines is 1. The first kappa shape index (κ1) is 24.0. The van der Waals surface area contributed by atoms with Crippen molar-refractivity contribution in [3.63, 3.8) is 0 Å². The second kappa shape index (κ2) is 9.72. The summed E-state index contributed by atoms with van der Waals surface area (Å²) in [6.45, 7) is 4.39. The molecule has 10 heteroatoms. The topological polar surface area (TPSA) is 105 Å². The fourth-order valence-corrected chi connectivity index (χ4v) is 6.49. The van der Waals surface area contributed by atoms with Gasteiger partial charge in [-0.05, 0) is 67.7 Å². The second-order valence-electron chi connectivity index (χ2n) is 10.2. The van der Waals surface area contributed by atoms with Crippen LogP contribution in [0, 0.1) is 11.8 Å². The van der Waals surface area contributed by atoms with Crippen molar-refractivity contribution in [2.45, 2.75) is 63.3 Å². The molecule has 1 saturated carbocycles. The molecule has 2 amide bonds. The lowest BCUT2D eigenvalue weighted by Crippen LogP contribution is -2.39. The van der Waals surface area contributed by atoms with E-state index in [-0.39, 0.29) is 28.9 Å². The maximum Gasteiger partial charge on any atom is 0.223 e. The molecule has 1 aliphatic carbocycles. The lowest BCUT2D eigenvalue weighted by Gasteiger charge is -2.32. The number of hydrogen-bond donors (Lipinski definition) is 0. The molecule has 0 unspecified atom stereocenters. The van der Waals surface area contributed by atoms with Crippen LogP contribution in [0.15, 0.2) is 29.4 Å². The predicted octanol–water partition coefficient (Wildman–Crippen LogP) is 2.24. The number of benzene rings is 1. The summed E-state index contributed by atoms with van der Waals surface area (Å²) >= 11 is 0. The number of fused-ring (bicyclic) bond motifs is 1. The monoisotopic (exact) mass is 499 g/mol. The third-order valence-corrected chi connectivity index (χ3v) is 9.27. The Morgan fingerprint density at radius 3 is 2.54 bits per heavy atom. The summed E-state index contributed by atoms with van der Waals surface area (Å²) in [4.78, 5) is 28.2. The standard InChI is InChI=1S/C25H33N5O4S/c1-18(31)30-12-8-21-15-22(4-5-23(21)30)35(33,34)13-9-25(32)28-10-6-19(7-11-28)14-24-27-26-17-29(24)16-20-2-3-20/h4-5,15,17,19-20H,2-3,6-14,16H2,1H3. The Bertz CT molecular complexity index is 1210. The Morgan fingerprint density at radius 1 is 1.06 bits per heavy atom. The number of likely N-dealkylation sites (tertiary alicyclic amines) is 1. The molecule has 1 saturated heterocycles. The number of rotatable bonds is 8. The van der Waals surface area contributed by atoms with Crippen molar-refractivity contribution in [3.8, 4) is 0 Å². The molecule has 0 N–H and O–H groups in total. The Labute approximate surface area is 206 Å². The molecule has 5 rings (SSSR count). The minimum absolute atomic E-state index is 0.0145. The first-order chi connectivity index (χ1) is 16.8. The summed E-state index contributed by atoms with van der Waals surface area (Å²) in [7, 11) is -3.58. The van der Waals surface area contributed by atoms with Crippen molar-refractivity contribution in [1.29, 1.82) is 0 Å². The van der Waals surface area contributed by atoms with Crippen LogP contribution in [0.4, 0.5) is 5.69 Å². The highest BCUT2D eigenvalue weighted by atomic mass is 32.2. The Balaban J connectivity index is 1.11. The van der Waals surface area contributed by atoms with Gasteiger partial charge in [0.05, 0.1) is 10.6 Å². The average molecular weight is 500 g/mol. The highest BCUT2D eigenvalue weighted by Gasteiger charge is 2.28. The molecule has 1 aromatic heterocycles. The number of sulfone groups is 1. The minimum atomic E-state index is -3.58. The summed E-state index contributed by atoms with van der Waals surface area (Å²) in [5, 5.41) is 8.40. The minimum Gasteiger partial charge on any atom is -0.343 e. The van der Waals surface area contributed by atoms with E-state index in [0.717, 1.165) is 48.8 Å². The summed E-state index contributed by atoms with van der Waals surface area (Å²) in [5.41, 5.74) is 1.64. The summed E-state index contributed by atoms with van der Waals surface area (Å²) < 4.78 is 28.0. The van der Waals surface area contributed by atoms with Gasteiger partial charge < -0.3 is 14.4 Å². The third kappa shape index (κ3) is 5.42. The van der Waals surface area contributed by atoms with Crippen molar-refractivity contribution in [1.82, 2.24) is 19.7 Å². The lowest BCUT2D eigenvalue weighted by atomic mass is 9.93. The first-order valence-corrected chi connectivity index (χ1v) is 14.2. The number of carbonyl (C=O) groups excluding carboxylic acids is 2. The zero-order chi connectivity index (χ0) is 24.6. The lowest BCUT2D eigenvalue weighted by molar-refractivity contribution is -0.132. The molecule has 0 spiro atoms. The van der Waals surface area contributed by atoms with Gasteiger partial charge in [0, 0.05) is 51.6 Å². The Morgan fingerprint density at radius 2 is 1.83 bits per heavy atom. The zero-order valence-electron chi connectivity index (χ0n) is 20.2. The van der Waals surface area contributed by atoms with Crippen molar-refractivity contribution in [2.75, 3.05) is 30.3 Å². The molecule has 0 radical (unpaired) electrons. The van der Waals surface area contributed by atoms with E-state index >= 15 is 0 Å². The van der Waals surface area contributed by atoms with Crippen molar-refractivity contribution < 1.29 is 18.0 Å². The molecule has 2 fully saturated rings. The average Bonchev–Trinajstić information content (AvgIpc) is 3.38. The van der Waals surface area contributed by atoms with E-state index in [4.69, 9.17) is 0 Å². The zero-order valence-corrected chi connectivity index (χ0v) is 21.0. The molecular weight excluding hydrogens is 466 g/mol. The molecule has 35 heavy (non-hydrogen) atoms. The van der Waals surface area contributed by atoms with E-state index < -0.39 is 9.84 Å². The molecule has 3 aliphatic rings. The smallest absolute Gasteiger partial charge is 0.223 e. The van der Waals surface area contributed by atoms with Gasteiger partial charge in [0.1, 0.15) is 12.2 Å². The van der Waals surface area contributed by atoms with Crippen molar-refractivity contribution >= 4 is 27.3 Å². The van der Waals surface area contributed by atoms with Gasteiger partial charge in [0.25, 0.3) is 0 Å². The number of carbonyl (C=O) groups is 2. The summed E-state index contributed by atoms with van der Waals surface area (Å²) in [6.07, 6.45) is 7.70. The van der Waals surface area contributed by atoms with Gasteiger partial charge >= 0.3 is 0 Å². The van der Waals surface area contributed by atoms with Gasteiger partial charge in [-0.1, -0.05) is 0 Å². The number of nitrogens with zero attached hydrogens (tertiary/aromatic N) is 5. The van der Waals surface area contributed by atoms with Crippen LogP contribution in [0.5, 0.6) is 0 Å². The van der Waals surface area contributed by atoms with Crippen LogP contribution in [-0.2, 0) is 38.8 Å². The normalized spacial score (nSPS) is 18.7. The van der Waals surface area contributed by atoms with E-state index in [9.17, 15) is 18.0 Å². The fourth-order valence-electron chi connectivity index (χ4n) is 5.21. The van der Waals surface area contributed by atoms with Crippen LogP contribution < -0.4 is 4.90 Å². The van der Waals surface area contributed by atoms with Crippen LogP contribution >= 0.6 is 0 Å². The van der Waals surface area contributed by atoms with Crippen molar-refractivity contribution in [3.05, 3.63) is 35.9 Å². The quantitative estimate of drug-likeness (QED) is 0.552. The molecule has 1 aromatic carbocycles. The summed E-state index contributed by atoms with van der Waals surface area (Å²) in [5.74, 6) is 1.92. The van der Waals surface area contributed by atoms with Crippen molar-refractivity contribution in [2.24, 2.45) is 11.8 Å². The molecule has 3 heterocycles. The van der Waals surface area contributed by atoms with Crippen LogP contribution in [0.25, 0.3) is 0 Å². The molecule has 9 nitrogen and oxygen atoms in total. The van der Waals surface area contributed by atoms with Crippen LogP contribution in [0.1, 0.15) is 50.4 Å². The van der Waals surface area contributed by atoms with Gasteiger partial charge in [-0.3, -0.25) is 9.59 Å². The van der Waals surface area contributed by atoms with Gasteiger partial charge in [-0.25, -0.2) is 8.42 Å². The number of amides is 2. The predicted molar refractivity (Wildman–Crippen MR) is 131 cm³/mol. The van der Waals surface area contributed by atoms with Gasteiger partial charge in [-0.15, -0.1) is 10.2 Å². The maximum atomic E-state index is 12.9. The van der Waals surface area contributed by atoms with E-state index in [1.807, 2.05) is 6.33 Å². The molecule has 188 valence electrons. The largest absolute Gasteiger partial charge is 0.343 e. The number of piperidine rings is 1. The second-order valence-corrected chi connectivity index (χ2v) is 12.3. The fraction of sp³-hybridized carbons (Fsp3) is 0.600. The van der Waals surface area contributed by atoms with Crippen LogP contribution in [-0.4, -0.2) is 65.3 Å². The SMILES string of the molecule is CC(=O)N1CCc2cc(S(=O)(=O)CCC(=O)N3CCC(Cc4nncn4CC4CC4)CC3)ccc21. The van der Waals surface area contributed by atoms with Crippen LogP contribution in [0.2, 0.25) is 0 Å². The van der Waals surface area contributed by atoms with E-state index in [2.05, 4.69) is 14.8 Å². The molecule has 0 atom stereocenters. The molecular formula is C25H33N5O4S. The molecule has 2 aromatic rings. The number of hydrogen-bond acceptors (Lipinski definition) is 6. The highest BCUT2D eigenvalue weighted by Crippen LogP contribution is 2.32. The van der Waals surface area contributed by atoms with Crippen LogP contribution in [0.3, 0.4) is 0 Å². The maximum absolute atomic E-state index is 12.9. The summed E-state index contributed by atoms with van der Waals surface area (Å²) in [6, 6.07) is 4.91. The first-order valence-electron chi connectivity index (χ1n) is 12.6. The van der Waals surface area contributed by atoms with E-state index in [1.165, 1.54) is 19.8 Å². The van der Waals surface area contributed by atoms with Gasteiger partial charge in [-0.2, -0.15) is 0 Å². The highest BCUT2D eigenvalue weighted by molar-refractivity contribution is 7.91. The Kier molecular flexibility index (Phi) is 6.65. The third-order valence-electron chi connectivity index (χ3n) is 7.56. The molecule has 0 bridgehead atoms. The number of aromatic nitrogens is 3. The Hall–Kier alpha value is -2.75. The van der Waals surface area contributed by atoms with Gasteiger partial charge in [0.2, 0.25) is 11.8 Å².